The minimum Gasteiger partial charge on any atom is -0.479 e. The van der Waals surface area contributed by atoms with Gasteiger partial charge in [-0.1, -0.05) is 0 Å². The molecule has 0 spiro atoms. The molecule has 1 aromatic carbocycles. The Morgan fingerprint density at radius 3 is 2.60 bits per heavy atom. The van der Waals surface area contributed by atoms with Crippen molar-refractivity contribution in [3.05, 3.63) is 29.8 Å². The van der Waals surface area contributed by atoms with Gasteiger partial charge in [0.15, 0.2) is 5.75 Å². The molecule has 0 saturated carbocycles. The van der Waals surface area contributed by atoms with E-state index in [4.69, 9.17) is 14.8 Å². The van der Waals surface area contributed by atoms with Gasteiger partial charge in [-0.3, -0.25) is 0 Å². The third-order valence-electron chi connectivity index (χ3n) is 1.62. The lowest BCUT2D eigenvalue weighted by molar-refractivity contribution is 0.276. The predicted molar refractivity (Wildman–Crippen MR) is 56.5 cm³/mol. The van der Waals surface area contributed by atoms with E-state index in [-0.39, 0.29) is 0 Å². The Kier molecular flexibility index (Phi) is 4.17. The number of nitriles is 1. The highest BCUT2D eigenvalue weighted by Gasteiger charge is 1.95. The van der Waals surface area contributed by atoms with Crippen LogP contribution in [0.1, 0.15) is 19.4 Å². The van der Waals surface area contributed by atoms with Crippen LogP contribution in [-0.4, -0.2) is 12.5 Å². The van der Waals surface area contributed by atoms with Crippen LogP contribution in [-0.2, 0) is 4.74 Å². The molecule has 0 saturated heterocycles. The van der Waals surface area contributed by atoms with Crippen molar-refractivity contribution in [1.29, 1.82) is 5.26 Å². The van der Waals surface area contributed by atoms with Crippen molar-refractivity contribution in [1.82, 2.24) is 0 Å². The molecule has 0 unspecified atom stereocenters. The number of oxime groups is 1. The van der Waals surface area contributed by atoms with Crippen molar-refractivity contribution < 1.29 is 9.57 Å². The number of nitrogens with zero attached hydrogens (tertiary/aromatic N) is 2. The standard InChI is InChI=1S/C11H12N2O2/c1-3-14-9(2)13-15-11-6-4-10(8-12)5-7-11/h4-7H,3H2,1-2H3/b13-9+. The van der Waals surface area contributed by atoms with E-state index in [1.807, 2.05) is 13.0 Å². The fourth-order valence-electron chi connectivity index (χ4n) is 0.943. The Hall–Kier alpha value is -2.02. The maximum atomic E-state index is 8.58. The molecule has 0 radical (unpaired) electrons. The molecule has 4 heteroatoms. The van der Waals surface area contributed by atoms with Gasteiger partial charge in [0.25, 0.3) is 0 Å². The first kappa shape index (κ1) is 11.1. The highest BCUT2D eigenvalue weighted by atomic mass is 16.6. The largest absolute Gasteiger partial charge is 0.479 e. The molecule has 4 nitrogen and oxygen atoms in total. The van der Waals surface area contributed by atoms with Gasteiger partial charge in [0, 0.05) is 6.92 Å². The lowest BCUT2D eigenvalue weighted by atomic mass is 10.2. The van der Waals surface area contributed by atoms with Crippen molar-refractivity contribution in [2.75, 3.05) is 6.61 Å². The average Bonchev–Trinajstić information content (AvgIpc) is 2.27. The molecular formula is C11H12N2O2. The van der Waals surface area contributed by atoms with Crippen LogP contribution in [0.4, 0.5) is 0 Å². The van der Waals surface area contributed by atoms with Gasteiger partial charge in [-0.2, -0.15) is 5.26 Å². The highest BCUT2D eigenvalue weighted by Crippen LogP contribution is 2.11. The summed E-state index contributed by atoms with van der Waals surface area (Å²) in [4.78, 5) is 5.07. The van der Waals surface area contributed by atoms with Gasteiger partial charge in [-0.05, 0) is 36.3 Å². The zero-order chi connectivity index (χ0) is 11.1. The summed E-state index contributed by atoms with van der Waals surface area (Å²) >= 11 is 0. The molecule has 0 heterocycles. The van der Waals surface area contributed by atoms with Crippen molar-refractivity contribution in [2.24, 2.45) is 5.16 Å². The molecule has 0 amide bonds. The van der Waals surface area contributed by atoms with Gasteiger partial charge in [0.2, 0.25) is 5.90 Å². The van der Waals surface area contributed by atoms with E-state index in [0.717, 1.165) is 0 Å². The van der Waals surface area contributed by atoms with Crippen LogP contribution in [0.3, 0.4) is 0 Å². The van der Waals surface area contributed by atoms with Crippen LogP contribution in [0.5, 0.6) is 5.75 Å². The molecule has 0 atom stereocenters. The van der Waals surface area contributed by atoms with Crippen molar-refractivity contribution in [3.63, 3.8) is 0 Å². The summed E-state index contributed by atoms with van der Waals surface area (Å²) in [5.74, 6) is 1.05. The van der Waals surface area contributed by atoms with Gasteiger partial charge in [0.1, 0.15) is 0 Å². The zero-order valence-corrected chi connectivity index (χ0v) is 8.73. The monoisotopic (exact) mass is 204 g/mol. The number of hydrogen-bond acceptors (Lipinski definition) is 4. The lowest BCUT2D eigenvalue weighted by Crippen LogP contribution is -2.00. The maximum Gasteiger partial charge on any atom is 0.223 e. The molecule has 0 aliphatic rings. The Bertz CT molecular complexity index is 377. The number of rotatable bonds is 3. The van der Waals surface area contributed by atoms with Gasteiger partial charge < -0.3 is 9.57 Å². The minimum absolute atomic E-state index is 0.474. The number of hydrogen-bond donors (Lipinski definition) is 0. The van der Waals surface area contributed by atoms with E-state index >= 15 is 0 Å². The van der Waals surface area contributed by atoms with Crippen LogP contribution >= 0.6 is 0 Å². The lowest BCUT2D eigenvalue weighted by Gasteiger charge is -2.01. The Morgan fingerprint density at radius 2 is 2.07 bits per heavy atom. The summed E-state index contributed by atoms with van der Waals surface area (Å²) in [6, 6.07) is 8.72. The summed E-state index contributed by atoms with van der Waals surface area (Å²) in [5, 5.41) is 12.3. The molecule has 0 aliphatic carbocycles. The second-order valence-corrected chi connectivity index (χ2v) is 2.77. The van der Waals surface area contributed by atoms with Gasteiger partial charge in [0.05, 0.1) is 18.2 Å². The van der Waals surface area contributed by atoms with Gasteiger partial charge >= 0.3 is 0 Å². The van der Waals surface area contributed by atoms with Crippen molar-refractivity contribution in [2.45, 2.75) is 13.8 Å². The van der Waals surface area contributed by atoms with Crippen LogP contribution < -0.4 is 4.84 Å². The third kappa shape index (κ3) is 3.69. The molecule has 0 N–H and O–H groups in total. The topological polar surface area (TPSA) is 54.6 Å². The molecule has 1 rings (SSSR count). The first-order valence-electron chi connectivity index (χ1n) is 4.61. The summed E-state index contributed by atoms with van der Waals surface area (Å²) in [6.45, 7) is 4.15. The normalized spacial score (nSPS) is 10.6. The van der Waals surface area contributed by atoms with Crippen LogP contribution in [0.2, 0.25) is 0 Å². The van der Waals surface area contributed by atoms with E-state index in [1.165, 1.54) is 0 Å². The second kappa shape index (κ2) is 5.66. The third-order valence-corrected chi connectivity index (χ3v) is 1.62. The Labute approximate surface area is 88.7 Å². The molecule has 0 fully saturated rings. The summed E-state index contributed by atoms with van der Waals surface area (Å²) in [6.07, 6.45) is 0. The van der Waals surface area contributed by atoms with Gasteiger partial charge in [-0.25, -0.2) is 0 Å². The summed E-state index contributed by atoms with van der Waals surface area (Å²) < 4.78 is 5.08. The first-order valence-corrected chi connectivity index (χ1v) is 4.61. The first-order chi connectivity index (χ1) is 7.26. The minimum atomic E-state index is 0.474. The molecule has 1 aromatic rings. The van der Waals surface area contributed by atoms with Crippen LogP contribution in [0.25, 0.3) is 0 Å². The van der Waals surface area contributed by atoms with E-state index < -0.39 is 0 Å². The second-order valence-electron chi connectivity index (χ2n) is 2.77. The molecule has 0 bridgehead atoms. The van der Waals surface area contributed by atoms with Crippen molar-refractivity contribution >= 4 is 5.90 Å². The van der Waals surface area contributed by atoms with E-state index in [2.05, 4.69) is 5.16 Å². The summed E-state index contributed by atoms with van der Waals surface area (Å²) in [5.41, 5.74) is 0.591. The van der Waals surface area contributed by atoms with E-state index in [1.54, 1.807) is 31.2 Å². The molecular weight excluding hydrogens is 192 g/mol. The average molecular weight is 204 g/mol. The smallest absolute Gasteiger partial charge is 0.223 e. The van der Waals surface area contributed by atoms with Crippen LogP contribution in [0, 0.1) is 11.3 Å². The fraction of sp³-hybridized carbons (Fsp3) is 0.273. The number of benzene rings is 1. The van der Waals surface area contributed by atoms with Crippen molar-refractivity contribution in [3.8, 4) is 11.8 Å². The molecule has 78 valence electrons. The fourth-order valence-corrected chi connectivity index (χ4v) is 0.943. The zero-order valence-electron chi connectivity index (χ0n) is 8.73. The predicted octanol–water partition coefficient (Wildman–Crippen LogP) is 2.31. The van der Waals surface area contributed by atoms with E-state index in [9.17, 15) is 0 Å². The molecule has 15 heavy (non-hydrogen) atoms. The van der Waals surface area contributed by atoms with Crippen LogP contribution in [0.15, 0.2) is 29.4 Å². The Morgan fingerprint density at radius 1 is 1.40 bits per heavy atom. The number of ether oxygens (including phenoxy) is 1. The quantitative estimate of drug-likeness (QED) is 0.431. The SMILES string of the molecule is CCO/C(C)=N/Oc1ccc(C#N)cc1. The molecule has 0 aliphatic heterocycles. The Balaban J connectivity index is 2.58. The van der Waals surface area contributed by atoms with Gasteiger partial charge in [-0.15, -0.1) is 0 Å². The summed E-state index contributed by atoms with van der Waals surface area (Å²) in [7, 11) is 0. The van der Waals surface area contributed by atoms with E-state index in [0.29, 0.717) is 23.8 Å². The highest BCUT2D eigenvalue weighted by molar-refractivity contribution is 5.72. The molecule has 0 aromatic heterocycles. The maximum absolute atomic E-state index is 8.58.